The summed E-state index contributed by atoms with van der Waals surface area (Å²) in [5, 5.41) is 3.07. The molecule has 0 saturated heterocycles. The molecule has 0 aliphatic carbocycles. The van der Waals surface area contributed by atoms with E-state index in [0.717, 1.165) is 38.4 Å². The molecule has 0 fully saturated rings. The van der Waals surface area contributed by atoms with Gasteiger partial charge in [0.25, 0.3) is 5.56 Å². The molecule has 3 aromatic heterocycles. The molecule has 0 atom stereocenters. The smallest absolute Gasteiger partial charge is 0.267 e. The summed E-state index contributed by atoms with van der Waals surface area (Å²) in [6.07, 6.45) is 1.86. The molecule has 0 amide bonds. The molecule has 180 valence electrons. The SMILES string of the molecule is CCOc1ccc(-c2cnc3c4ccc(OC)c(OC)c4c(=O)n4c5ccccc5c2c34)cc1OC. The van der Waals surface area contributed by atoms with E-state index in [-0.39, 0.29) is 5.56 Å². The highest BCUT2D eigenvalue weighted by Crippen LogP contribution is 2.43. The summed E-state index contributed by atoms with van der Waals surface area (Å²) in [5.74, 6) is 2.22. The molecule has 3 heterocycles. The maximum Gasteiger partial charge on any atom is 0.267 e. The molecule has 0 aliphatic heterocycles. The monoisotopic (exact) mass is 480 g/mol. The zero-order valence-electron chi connectivity index (χ0n) is 20.4. The summed E-state index contributed by atoms with van der Waals surface area (Å²) < 4.78 is 24.2. The van der Waals surface area contributed by atoms with E-state index in [1.165, 1.54) is 0 Å². The van der Waals surface area contributed by atoms with Crippen molar-refractivity contribution < 1.29 is 18.9 Å². The minimum atomic E-state index is -0.178. The Morgan fingerprint density at radius 1 is 0.833 bits per heavy atom. The van der Waals surface area contributed by atoms with Crippen LogP contribution in [0.4, 0.5) is 0 Å². The average Bonchev–Trinajstić information content (AvgIpc) is 3.27. The first kappa shape index (κ1) is 22.0. The zero-order chi connectivity index (χ0) is 25.0. The van der Waals surface area contributed by atoms with Crippen LogP contribution in [0.25, 0.3) is 49.2 Å². The number of rotatable bonds is 6. The number of aromatic nitrogens is 2. The van der Waals surface area contributed by atoms with Crippen molar-refractivity contribution in [2.45, 2.75) is 6.92 Å². The molecule has 0 radical (unpaired) electrons. The Balaban J connectivity index is 1.80. The van der Waals surface area contributed by atoms with Crippen LogP contribution in [0.5, 0.6) is 23.0 Å². The first-order valence-corrected chi connectivity index (χ1v) is 11.7. The first-order valence-electron chi connectivity index (χ1n) is 11.7. The van der Waals surface area contributed by atoms with Crippen LogP contribution in [0.3, 0.4) is 0 Å². The van der Waals surface area contributed by atoms with Gasteiger partial charge in [-0.15, -0.1) is 0 Å². The largest absolute Gasteiger partial charge is 0.493 e. The van der Waals surface area contributed by atoms with Crippen molar-refractivity contribution in [2.75, 3.05) is 27.9 Å². The predicted octanol–water partition coefficient (Wildman–Crippen LogP) is 5.68. The Kier molecular flexibility index (Phi) is 5.07. The lowest BCUT2D eigenvalue weighted by Crippen LogP contribution is -2.14. The first-order chi connectivity index (χ1) is 17.6. The van der Waals surface area contributed by atoms with E-state index in [0.29, 0.717) is 40.4 Å². The Morgan fingerprint density at radius 2 is 1.61 bits per heavy atom. The lowest BCUT2D eigenvalue weighted by atomic mass is 9.99. The molecule has 0 unspecified atom stereocenters. The summed E-state index contributed by atoms with van der Waals surface area (Å²) >= 11 is 0. The van der Waals surface area contributed by atoms with Crippen molar-refractivity contribution in [1.82, 2.24) is 9.38 Å². The van der Waals surface area contributed by atoms with Gasteiger partial charge in [-0.25, -0.2) is 0 Å². The number of nitrogens with zero attached hydrogens (tertiary/aromatic N) is 2. The third-order valence-electron chi connectivity index (χ3n) is 6.68. The predicted molar refractivity (Wildman–Crippen MR) is 141 cm³/mol. The lowest BCUT2D eigenvalue weighted by Gasteiger charge is -2.14. The summed E-state index contributed by atoms with van der Waals surface area (Å²) in [6.45, 7) is 2.48. The van der Waals surface area contributed by atoms with E-state index in [1.807, 2.05) is 67.7 Å². The fraction of sp³-hybridized carbons (Fsp3) is 0.172. The molecule has 0 spiro atoms. The van der Waals surface area contributed by atoms with E-state index in [9.17, 15) is 4.79 Å². The second-order valence-corrected chi connectivity index (χ2v) is 8.42. The highest BCUT2D eigenvalue weighted by atomic mass is 16.5. The number of para-hydroxylation sites is 1. The van der Waals surface area contributed by atoms with Gasteiger partial charge in [-0.05, 0) is 42.8 Å². The van der Waals surface area contributed by atoms with Gasteiger partial charge in [-0.1, -0.05) is 24.3 Å². The summed E-state index contributed by atoms with van der Waals surface area (Å²) in [6, 6.07) is 17.4. The van der Waals surface area contributed by atoms with Crippen LogP contribution >= 0.6 is 0 Å². The van der Waals surface area contributed by atoms with E-state index in [2.05, 4.69) is 0 Å². The van der Waals surface area contributed by atoms with Crippen LogP contribution in [0.2, 0.25) is 0 Å². The third kappa shape index (κ3) is 2.92. The van der Waals surface area contributed by atoms with Crippen molar-refractivity contribution >= 4 is 38.1 Å². The molecule has 7 heteroatoms. The molecule has 6 rings (SSSR count). The average molecular weight is 481 g/mol. The van der Waals surface area contributed by atoms with Crippen LogP contribution in [-0.2, 0) is 0 Å². The second kappa shape index (κ2) is 8.30. The highest BCUT2D eigenvalue weighted by molar-refractivity contribution is 6.23. The number of ether oxygens (including phenoxy) is 4. The minimum absolute atomic E-state index is 0.178. The van der Waals surface area contributed by atoms with Gasteiger partial charge < -0.3 is 18.9 Å². The molecule has 0 N–H and O–H groups in total. The molecular weight excluding hydrogens is 456 g/mol. The van der Waals surface area contributed by atoms with Gasteiger partial charge in [0.1, 0.15) is 0 Å². The van der Waals surface area contributed by atoms with Crippen LogP contribution in [0, 0.1) is 0 Å². The molecule has 0 saturated carbocycles. The molecule has 6 aromatic rings. The zero-order valence-corrected chi connectivity index (χ0v) is 20.4. The van der Waals surface area contributed by atoms with Crippen LogP contribution < -0.4 is 24.5 Å². The van der Waals surface area contributed by atoms with Gasteiger partial charge >= 0.3 is 0 Å². The van der Waals surface area contributed by atoms with Gasteiger partial charge in [0, 0.05) is 27.9 Å². The van der Waals surface area contributed by atoms with E-state index >= 15 is 0 Å². The third-order valence-corrected chi connectivity index (χ3v) is 6.68. The summed E-state index contributed by atoms with van der Waals surface area (Å²) in [7, 11) is 4.73. The number of methoxy groups -OCH3 is 3. The standard InChI is InChI=1S/C29H24N2O5/c1-5-36-21-12-10-16(14-23(21)34-3)19-15-30-26-18-11-13-22(33-2)28(35-4)25(18)29(32)31-20-9-7-6-8-17(20)24(19)27(26)31/h6-15H,5H2,1-4H3. The van der Waals surface area contributed by atoms with Crippen molar-refractivity contribution in [1.29, 1.82) is 0 Å². The second-order valence-electron chi connectivity index (χ2n) is 8.42. The quantitative estimate of drug-likeness (QED) is 0.286. The normalized spacial score (nSPS) is 11.6. The number of hydrogen-bond acceptors (Lipinski definition) is 6. The minimum Gasteiger partial charge on any atom is -0.493 e. The Bertz CT molecular complexity index is 1840. The van der Waals surface area contributed by atoms with Crippen molar-refractivity contribution in [3.05, 3.63) is 71.1 Å². The summed E-state index contributed by atoms with van der Waals surface area (Å²) in [4.78, 5) is 18.9. The fourth-order valence-electron chi connectivity index (χ4n) is 5.18. The topological polar surface area (TPSA) is 71.3 Å². The molecule has 0 bridgehead atoms. The number of fused-ring (bicyclic) bond motifs is 5. The van der Waals surface area contributed by atoms with Gasteiger partial charge in [-0.2, -0.15) is 0 Å². The van der Waals surface area contributed by atoms with Gasteiger partial charge in [0.2, 0.25) is 0 Å². The van der Waals surface area contributed by atoms with Crippen molar-refractivity contribution in [2.24, 2.45) is 0 Å². The number of pyridine rings is 2. The Hall–Kier alpha value is -4.52. The van der Waals surface area contributed by atoms with Crippen molar-refractivity contribution in [3.63, 3.8) is 0 Å². The van der Waals surface area contributed by atoms with Crippen molar-refractivity contribution in [3.8, 4) is 34.1 Å². The van der Waals surface area contributed by atoms with E-state index in [1.54, 1.807) is 25.7 Å². The van der Waals surface area contributed by atoms with Gasteiger partial charge in [0.05, 0.1) is 49.9 Å². The molecule has 3 aromatic carbocycles. The molecular formula is C29H24N2O5. The molecule has 0 aliphatic rings. The van der Waals surface area contributed by atoms with E-state index in [4.69, 9.17) is 23.9 Å². The van der Waals surface area contributed by atoms with Crippen LogP contribution in [0.15, 0.2) is 65.6 Å². The van der Waals surface area contributed by atoms with E-state index < -0.39 is 0 Å². The lowest BCUT2D eigenvalue weighted by molar-refractivity contribution is 0.311. The maximum absolute atomic E-state index is 14.0. The van der Waals surface area contributed by atoms with Crippen LogP contribution in [0.1, 0.15) is 6.92 Å². The maximum atomic E-state index is 14.0. The number of hydrogen-bond donors (Lipinski definition) is 0. The van der Waals surface area contributed by atoms with Gasteiger partial charge in [-0.3, -0.25) is 14.2 Å². The van der Waals surface area contributed by atoms with Crippen LogP contribution in [-0.4, -0.2) is 37.3 Å². The van der Waals surface area contributed by atoms with Gasteiger partial charge in [0.15, 0.2) is 23.0 Å². The molecule has 7 nitrogen and oxygen atoms in total. The highest BCUT2D eigenvalue weighted by Gasteiger charge is 2.24. The Labute approximate surface area is 206 Å². The summed E-state index contributed by atoms with van der Waals surface area (Å²) in [5.41, 5.74) is 3.94. The number of benzene rings is 3. The Morgan fingerprint density at radius 3 is 2.36 bits per heavy atom. The molecule has 36 heavy (non-hydrogen) atoms. The fourth-order valence-corrected chi connectivity index (χ4v) is 5.18.